The highest BCUT2D eigenvalue weighted by Gasteiger charge is 2.27. The van der Waals surface area contributed by atoms with Gasteiger partial charge in [0.25, 0.3) is 5.91 Å². The number of hydrogen-bond acceptors (Lipinski definition) is 5. The Morgan fingerprint density at radius 3 is 2.78 bits per heavy atom. The summed E-state index contributed by atoms with van der Waals surface area (Å²) >= 11 is 0. The normalized spacial score (nSPS) is 13.6. The average molecular weight is 356 g/mol. The van der Waals surface area contributed by atoms with Crippen LogP contribution in [0.2, 0.25) is 0 Å². The molecule has 1 fully saturated rings. The van der Waals surface area contributed by atoms with E-state index in [2.05, 4.69) is 25.5 Å². The van der Waals surface area contributed by atoms with Crippen molar-refractivity contribution in [1.82, 2.24) is 24.7 Å². The number of amides is 1. The fraction of sp³-hybridized carbons (Fsp3) is 0.150. The van der Waals surface area contributed by atoms with Crippen LogP contribution in [0.25, 0.3) is 22.4 Å². The molecule has 1 aliphatic carbocycles. The van der Waals surface area contributed by atoms with Gasteiger partial charge in [-0.25, -0.2) is 9.97 Å². The van der Waals surface area contributed by atoms with Crippen LogP contribution in [0.1, 0.15) is 29.4 Å². The van der Waals surface area contributed by atoms with Gasteiger partial charge in [-0.2, -0.15) is 0 Å². The molecule has 0 radical (unpaired) electrons. The first-order valence-corrected chi connectivity index (χ1v) is 8.82. The molecule has 0 bridgehead atoms. The van der Waals surface area contributed by atoms with E-state index in [0.29, 0.717) is 23.2 Å². The minimum absolute atomic E-state index is 0.297. The van der Waals surface area contributed by atoms with Crippen molar-refractivity contribution in [1.29, 1.82) is 0 Å². The van der Waals surface area contributed by atoms with Crippen LogP contribution in [-0.2, 0) is 0 Å². The van der Waals surface area contributed by atoms with Gasteiger partial charge in [-0.3, -0.25) is 4.79 Å². The van der Waals surface area contributed by atoms with Gasteiger partial charge in [0.05, 0.1) is 5.52 Å². The second-order valence-corrected chi connectivity index (χ2v) is 6.54. The number of nitrogens with one attached hydrogen (secondary N) is 1. The molecule has 0 atom stereocenters. The summed E-state index contributed by atoms with van der Waals surface area (Å²) in [5.74, 6) is 0.879. The van der Waals surface area contributed by atoms with Gasteiger partial charge in [0.1, 0.15) is 23.5 Å². The Kier molecular flexibility index (Phi) is 3.64. The van der Waals surface area contributed by atoms with Crippen molar-refractivity contribution in [3.8, 4) is 11.5 Å². The second kappa shape index (κ2) is 6.28. The van der Waals surface area contributed by atoms with Crippen LogP contribution < -0.4 is 5.32 Å². The van der Waals surface area contributed by atoms with E-state index in [1.165, 1.54) is 0 Å². The number of rotatable bonds is 4. The molecule has 7 heteroatoms. The summed E-state index contributed by atoms with van der Waals surface area (Å²) in [5.41, 5.74) is 1.81. The summed E-state index contributed by atoms with van der Waals surface area (Å²) in [7, 11) is 0. The second-order valence-electron chi connectivity index (χ2n) is 6.54. The van der Waals surface area contributed by atoms with Crippen LogP contribution in [0.5, 0.6) is 0 Å². The Morgan fingerprint density at radius 1 is 1.00 bits per heavy atom. The fourth-order valence-electron chi connectivity index (χ4n) is 3.05. The largest absolute Gasteiger partial charge is 0.309 e. The molecule has 3 heterocycles. The average Bonchev–Trinajstić information content (AvgIpc) is 3.44. The lowest BCUT2D eigenvalue weighted by Gasteiger charge is -2.08. The highest BCUT2D eigenvalue weighted by molar-refractivity contribution is 6.03. The number of carbonyl (C=O) groups excluding carboxylic acids is 1. The number of aromatic nitrogens is 5. The number of benzene rings is 1. The lowest BCUT2D eigenvalue weighted by atomic mass is 10.2. The molecular formula is C20H16N6O. The van der Waals surface area contributed by atoms with Gasteiger partial charge in [-0.15, -0.1) is 10.2 Å². The maximum Gasteiger partial charge on any atom is 0.275 e. The fourth-order valence-corrected chi connectivity index (χ4v) is 3.05. The van der Waals surface area contributed by atoms with Gasteiger partial charge in [0, 0.05) is 11.4 Å². The lowest BCUT2D eigenvalue weighted by Crippen LogP contribution is -2.14. The van der Waals surface area contributed by atoms with E-state index in [1.807, 2.05) is 47.0 Å². The number of hydrogen-bond donors (Lipinski definition) is 1. The number of carbonyl (C=O) groups is 1. The van der Waals surface area contributed by atoms with Gasteiger partial charge in [-0.1, -0.05) is 30.3 Å². The Balaban J connectivity index is 1.41. The smallest absolute Gasteiger partial charge is 0.275 e. The summed E-state index contributed by atoms with van der Waals surface area (Å²) < 4.78 is 2.04. The first-order chi connectivity index (χ1) is 13.3. The van der Waals surface area contributed by atoms with Crippen LogP contribution in [0, 0.1) is 0 Å². The number of nitrogens with zero attached hydrogens (tertiary/aromatic N) is 5. The van der Waals surface area contributed by atoms with Crippen LogP contribution in [0.4, 0.5) is 5.82 Å². The molecule has 1 N–H and O–H groups in total. The molecule has 1 aliphatic rings. The summed E-state index contributed by atoms with van der Waals surface area (Å²) in [6.07, 6.45) is 4.00. The molecule has 0 saturated heterocycles. The quantitative estimate of drug-likeness (QED) is 0.605. The zero-order valence-electron chi connectivity index (χ0n) is 14.4. The Bertz CT molecular complexity index is 1150. The van der Waals surface area contributed by atoms with Crippen molar-refractivity contribution < 1.29 is 4.79 Å². The Labute approximate surface area is 155 Å². The van der Waals surface area contributed by atoms with Crippen molar-refractivity contribution in [2.24, 2.45) is 0 Å². The number of anilines is 1. The third-order valence-electron chi connectivity index (χ3n) is 4.56. The summed E-state index contributed by atoms with van der Waals surface area (Å²) in [6, 6.07) is 17.2. The molecule has 4 aromatic rings. The van der Waals surface area contributed by atoms with E-state index < -0.39 is 0 Å². The van der Waals surface area contributed by atoms with Crippen molar-refractivity contribution >= 4 is 22.6 Å². The predicted octanol–water partition coefficient (Wildman–Crippen LogP) is 3.48. The van der Waals surface area contributed by atoms with Gasteiger partial charge < -0.3 is 9.88 Å². The molecule has 5 rings (SSSR count). The van der Waals surface area contributed by atoms with Gasteiger partial charge >= 0.3 is 0 Å². The minimum atomic E-state index is -0.297. The van der Waals surface area contributed by atoms with Crippen LogP contribution in [0.3, 0.4) is 0 Å². The monoisotopic (exact) mass is 356 g/mol. The maximum absolute atomic E-state index is 12.6. The van der Waals surface area contributed by atoms with Crippen molar-refractivity contribution in [2.75, 3.05) is 5.32 Å². The molecule has 1 amide bonds. The van der Waals surface area contributed by atoms with E-state index in [1.54, 1.807) is 18.5 Å². The molecule has 132 valence electrons. The highest BCUT2D eigenvalue weighted by Crippen LogP contribution is 2.37. The summed E-state index contributed by atoms with van der Waals surface area (Å²) in [6.45, 7) is 0. The van der Waals surface area contributed by atoms with E-state index in [4.69, 9.17) is 0 Å². The molecule has 27 heavy (non-hydrogen) atoms. The predicted molar refractivity (Wildman–Crippen MR) is 101 cm³/mol. The third-order valence-corrected chi connectivity index (χ3v) is 4.56. The topological polar surface area (TPSA) is 85.6 Å². The van der Waals surface area contributed by atoms with E-state index in [-0.39, 0.29) is 5.91 Å². The minimum Gasteiger partial charge on any atom is -0.309 e. The summed E-state index contributed by atoms with van der Waals surface area (Å²) in [5, 5.41) is 12.0. The highest BCUT2D eigenvalue weighted by atomic mass is 16.1. The molecule has 1 aromatic carbocycles. The SMILES string of the molecule is O=C(Nc1cccc(-c2nncn2C2CC2)n1)c1ccc2ccccc2n1. The van der Waals surface area contributed by atoms with Crippen LogP contribution in [-0.4, -0.2) is 30.6 Å². The summed E-state index contributed by atoms with van der Waals surface area (Å²) in [4.78, 5) is 21.5. The van der Waals surface area contributed by atoms with Gasteiger partial charge in [0.2, 0.25) is 0 Å². The standard InChI is InChI=1S/C20H16N6O/c27-20(17-11-8-13-4-1-2-5-15(13)22-17)24-18-7-3-6-16(23-18)19-25-21-12-26(19)14-9-10-14/h1-8,11-12,14H,9-10H2,(H,23,24,27). The Hall–Kier alpha value is -3.61. The molecule has 1 saturated carbocycles. The molecule has 7 nitrogen and oxygen atoms in total. The van der Waals surface area contributed by atoms with Crippen molar-refractivity contribution in [3.05, 3.63) is 66.6 Å². The third kappa shape index (κ3) is 3.03. The molecule has 0 spiro atoms. The number of fused-ring (bicyclic) bond motifs is 1. The van der Waals surface area contributed by atoms with E-state index in [9.17, 15) is 4.79 Å². The first-order valence-electron chi connectivity index (χ1n) is 8.82. The zero-order valence-corrected chi connectivity index (χ0v) is 14.4. The van der Waals surface area contributed by atoms with E-state index >= 15 is 0 Å². The van der Waals surface area contributed by atoms with Crippen LogP contribution >= 0.6 is 0 Å². The number of pyridine rings is 2. The van der Waals surface area contributed by atoms with Gasteiger partial charge in [-0.05, 0) is 37.1 Å². The molecule has 3 aromatic heterocycles. The molecule has 0 unspecified atom stereocenters. The van der Waals surface area contributed by atoms with Crippen molar-refractivity contribution in [2.45, 2.75) is 18.9 Å². The van der Waals surface area contributed by atoms with Gasteiger partial charge in [0.15, 0.2) is 5.82 Å². The van der Waals surface area contributed by atoms with Crippen molar-refractivity contribution in [3.63, 3.8) is 0 Å². The van der Waals surface area contributed by atoms with Crippen LogP contribution in [0.15, 0.2) is 60.9 Å². The number of para-hydroxylation sites is 1. The Morgan fingerprint density at radius 2 is 1.89 bits per heavy atom. The lowest BCUT2D eigenvalue weighted by molar-refractivity contribution is 0.102. The van der Waals surface area contributed by atoms with E-state index in [0.717, 1.165) is 29.6 Å². The first kappa shape index (κ1) is 15.6. The molecular weight excluding hydrogens is 340 g/mol. The maximum atomic E-state index is 12.6. The molecule has 0 aliphatic heterocycles. The zero-order chi connectivity index (χ0) is 18.2.